The molecule has 0 radical (unpaired) electrons. The van der Waals surface area contributed by atoms with Gasteiger partial charge in [0.25, 0.3) is 0 Å². The lowest BCUT2D eigenvalue weighted by molar-refractivity contribution is 0.150. The molecule has 2 fully saturated rings. The first kappa shape index (κ1) is 18.4. The standard InChI is InChI=1S/C23H34O2/c1-18(2)13-14-19-17-22(24-20-9-5-3-6-10-20)15-16-23(19)25-21-11-7-4-8-12-21/h13-18,20-21H,3-12H2,1-2H3/b14-13+. The molecule has 0 aromatic heterocycles. The van der Waals surface area contributed by atoms with Crippen LogP contribution in [0.4, 0.5) is 0 Å². The van der Waals surface area contributed by atoms with Crippen molar-refractivity contribution in [3.63, 3.8) is 0 Å². The first-order valence-electron chi connectivity index (χ1n) is 10.4. The van der Waals surface area contributed by atoms with Crippen LogP contribution in [0.5, 0.6) is 11.5 Å². The lowest BCUT2D eigenvalue weighted by Crippen LogP contribution is -2.20. The number of hydrogen-bond acceptors (Lipinski definition) is 2. The van der Waals surface area contributed by atoms with E-state index in [0.717, 1.165) is 17.1 Å². The average molecular weight is 343 g/mol. The van der Waals surface area contributed by atoms with Crippen LogP contribution >= 0.6 is 0 Å². The molecule has 1 aromatic carbocycles. The molecule has 0 heterocycles. The fourth-order valence-corrected chi connectivity index (χ4v) is 3.87. The number of rotatable bonds is 6. The first-order chi connectivity index (χ1) is 12.2. The van der Waals surface area contributed by atoms with E-state index in [1.807, 2.05) is 0 Å². The number of benzene rings is 1. The Hall–Kier alpha value is -1.44. The zero-order chi connectivity index (χ0) is 17.5. The molecule has 2 aliphatic rings. The van der Waals surface area contributed by atoms with Crippen molar-refractivity contribution in [2.24, 2.45) is 5.92 Å². The highest BCUT2D eigenvalue weighted by Crippen LogP contribution is 2.31. The van der Waals surface area contributed by atoms with E-state index in [0.29, 0.717) is 18.1 Å². The molecule has 0 N–H and O–H groups in total. The van der Waals surface area contributed by atoms with Crippen LogP contribution in [0.15, 0.2) is 24.3 Å². The molecule has 2 saturated carbocycles. The molecule has 2 heteroatoms. The van der Waals surface area contributed by atoms with E-state index in [4.69, 9.17) is 9.47 Å². The van der Waals surface area contributed by atoms with Gasteiger partial charge in [-0.05, 0) is 75.5 Å². The van der Waals surface area contributed by atoms with Crippen LogP contribution in [-0.2, 0) is 0 Å². The second-order valence-electron chi connectivity index (χ2n) is 8.06. The van der Waals surface area contributed by atoms with Crippen LogP contribution in [0.2, 0.25) is 0 Å². The molecule has 0 atom stereocenters. The average Bonchev–Trinajstić information content (AvgIpc) is 2.63. The summed E-state index contributed by atoms with van der Waals surface area (Å²) in [5.74, 6) is 2.54. The van der Waals surface area contributed by atoms with Crippen molar-refractivity contribution in [3.05, 3.63) is 29.8 Å². The van der Waals surface area contributed by atoms with Crippen molar-refractivity contribution in [1.82, 2.24) is 0 Å². The summed E-state index contributed by atoms with van der Waals surface area (Å²) in [6.07, 6.45) is 17.9. The molecule has 2 nitrogen and oxygen atoms in total. The summed E-state index contributed by atoms with van der Waals surface area (Å²) in [7, 11) is 0. The van der Waals surface area contributed by atoms with Crippen molar-refractivity contribution < 1.29 is 9.47 Å². The van der Waals surface area contributed by atoms with E-state index < -0.39 is 0 Å². The third-order valence-corrected chi connectivity index (χ3v) is 5.34. The molecular weight excluding hydrogens is 308 g/mol. The Bertz CT molecular complexity index is 549. The van der Waals surface area contributed by atoms with Gasteiger partial charge in [0.1, 0.15) is 11.5 Å². The monoisotopic (exact) mass is 342 g/mol. The highest BCUT2D eigenvalue weighted by atomic mass is 16.5. The predicted octanol–water partition coefficient (Wildman–Crippen LogP) is 6.78. The van der Waals surface area contributed by atoms with E-state index in [-0.39, 0.29) is 0 Å². The van der Waals surface area contributed by atoms with Crippen LogP contribution in [0.25, 0.3) is 6.08 Å². The third kappa shape index (κ3) is 5.80. The maximum Gasteiger partial charge on any atom is 0.127 e. The zero-order valence-electron chi connectivity index (χ0n) is 16.0. The lowest BCUT2D eigenvalue weighted by atomic mass is 9.97. The largest absolute Gasteiger partial charge is 0.490 e. The molecular formula is C23H34O2. The van der Waals surface area contributed by atoms with Gasteiger partial charge < -0.3 is 9.47 Å². The minimum Gasteiger partial charge on any atom is -0.490 e. The second kappa shape index (κ2) is 9.31. The molecule has 0 aliphatic heterocycles. The molecule has 0 unspecified atom stereocenters. The topological polar surface area (TPSA) is 18.5 Å². The molecule has 2 aliphatic carbocycles. The summed E-state index contributed by atoms with van der Waals surface area (Å²) < 4.78 is 12.6. The quantitative estimate of drug-likeness (QED) is 0.567. The van der Waals surface area contributed by atoms with E-state index in [9.17, 15) is 0 Å². The van der Waals surface area contributed by atoms with Gasteiger partial charge in [0, 0.05) is 5.56 Å². The second-order valence-corrected chi connectivity index (χ2v) is 8.06. The predicted molar refractivity (Wildman–Crippen MR) is 105 cm³/mol. The smallest absolute Gasteiger partial charge is 0.127 e. The first-order valence-corrected chi connectivity index (χ1v) is 10.4. The van der Waals surface area contributed by atoms with E-state index >= 15 is 0 Å². The van der Waals surface area contributed by atoms with E-state index in [1.54, 1.807) is 0 Å². The van der Waals surface area contributed by atoms with Crippen LogP contribution in [-0.4, -0.2) is 12.2 Å². The van der Waals surface area contributed by atoms with Gasteiger partial charge in [0.15, 0.2) is 0 Å². The summed E-state index contributed by atoms with van der Waals surface area (Å²) in [5, 5.41) is 0. The molecule has 0 saturated heterocycles. The maximum atomic E-state index is 6.36. The van der Waals surface area contributed by atoms with Crippen LogP contribution in [0, 0.1) is 5.92 Å². The van der Waals surface area contributed by atoms with Gasteiger partial charge in [0.2, 0.25) is 0 Å². The van der Waals surface area contributed by atoms with Gasteiger partial charge in [-0.15, -0.1) is 0 Å². The zero-order valence-corrected chi connectivity index (χ0v) is 16.0. The summed E-state index contributed by atoms with van der Waals surface area (Å²) in [4.78, 5) is 0. The van der Waals surface area contributed by atoms with Gasteiger partial charge in [-0.2, -0.15) is 0 Å². The number of hydrogen-bond donors (Lipinski definition) is 0. The minimum absolute atomic E-state index is 0.380. The van der Waals surface area contributed by atoms with E-state index in [2.05, 4.69) is 44.2 Å². The minimum atomic E-state index is 0.380. The Morgan fingerprint density at radius 2 is 1.44 bits per heavy atom. The van der Waals surface area contributed by atoms with Crippen molar-refractivity contribution in [2.75, 3.05) is 0 Å². The fraction of sp³-hybridized carbons (Fsp3) is 0.652. The van der Waals surface area contributed by atoms with Gasteiger partial charge in [-0.25, -0.2) is 0 Å². The molecule has 1 aromatic rings. The molecule has 0 amide bonds. The summed E-state index contributed by atoms with van der Waals surface area (Å²) in [5.41, 5.74) is 1.16. The summed E-state index contributed by atoms with van der Waals surface area (Å²) in [6, 6.07) is 6.39. The van der Waals surface area contributed by atoms with Gasteiger partial charge >= 0.3 is 0 Å². The summed E-state index contributed by atoms with van der Waals surface area (Å²) in [6.45, 7) is 4.42. The Labute approximate surface area is 153 Å². The lowest BCUT2D eigenvalue weighted by Gasteiger charge is -2.25. The number of ether oxygens (including phenoxy) is 2. The molecule has 3 rings (SSSR count). The van der Waals surface area contributed by atoms with Gasteiger partial charge in [-0.1, -0.05) is 38.8 Å². The normalized spacial score (nSPS) is 20.3. The highest BCUT2D eigenvalue weighted by Gasteiger charge is 2.18. The maximum absolute atomic E-state index is 6.36. The third-order valence-electron chi connectivity index (χ3n) is 5.34. The van der Waals surface area contributed by atoms with Crippen molar-refractivity contribution in [3.8, 4) is 11.5 Å². The Kier molecular flexibility index (Phi) is 6.84. The van der Waals surface area contributed by atoms with Crippen molar-refractivity contribution in [2.45, 2.75) is 90.3 Å². The molecule has 0 spiro atoms. The van der Waals surface area contributed by atoms with Gasteiger partial charge in [-0.3, -0.25) is 0 Å². The van der Waals surface area contributed by atoms with Gasteiger partial charge in [0.05, 0.1) is 12.2 Å². The fourth-order valence-electron chi connectivity index (χ4n) is 3.87. The van der Waals surface area contributed by atoms with Crippen LogP contribution in [0.1, 0.15) is 83.6 Å². The molecule has 25 heavy (non-hydrogen) atoms. The Morgan fingerprint density at radius 3 is 2.04 bits per heavy atom. The number of allylic oxidation sites excluding steroid dienone is 1. The SMILES string of the molecule is CC(C)/C=C/c1cc(OC2CCCCC2)ccc1OC1CCCCC1. The van der Waals surface area contributed by atoms with Crippen molar-refractivity contribution >= 4 is 6.08 Å². The highest BCUT2D eigenvalue weighted by molar-refractivity contribution is 5.60. The van der Waals surface area contributed by atoms with Crippen LogP contribution in [0.3, 0.4) is 0 Å². The van der Waals surface area contributed by atoms with Crippen molar-refractivity contribution in [1.29, 1.82) is 0 Å². The Balaban J connectivity index is 1.73. The molecule has 138 valence electrons. The summed E-state index contributed by atoms with van der Waals surface area (Å²) >= 11 is 0. The van der Waals surface area contributed by atoms with E-state index in [1.165, 1.54) is 64.2 Å². The molecule has 0 bridgehead atoms. The Morgan fingerprint density at radius 1 is 0.840 bits per heavy atom. The van der Waals surface area contributed by atoms with Crippen LogP contribution < -0.4 is 9.47 Å².